The quantitative estimate of drug-likeness (QED) is 0.569. The number of aromatic nitrogens is 4. The Balaban J connectivity index is 1.95. The van der Waals surface area contributed by atoms with Crippen LogP contribution in [0.3, 0.4) is 0 Å². The van der Waals surface area contributed by atoms with Crippen molar-refractivity contribution in [3.05, 3.63) is 52.2 Å². The molecule has 0 bridgehead atoms. The van der Waals surface area contributed by atoms with Crippen molar-refractivity contribution >= 4 is 28.5 Å². The summed E-state index contributed by atoms with van der Waals surface area (Å²) in [6.45, 7) is 3.81. The molecule has 3 N–H and O–H groups in total. The zero-order chi connectivity index (χ0) is 15.7. The standard InChI is InChI=1S/C15H15N5OS/c1-8-7-12(16)19-15(17-8)22-9(2)13-18-11-6-4-3-5-10(11)14(21)20-13/h3-7,9H,1-2H3,(H2,16,17,19)(H,18,20,21). The number of nitrogens with zero attached hydrogens (tertiary/aromatic N) is 3. The van der Waals surface area contributed by atoms with Crippen molar-refractivity contribution in [2.24, 2.45) is 0 Å². The average molecular weight is 313 g/mol. The van der Waals surface area contributed by atoms with Crippen LogP contribution in [0.25, 0.3) is 10.9 Å². The molecule has 1 unspecified atom stereocenters. The van der Waals surface area contributed by atoms with Crippen molar-refractivity contribution in [2.45, 2.75) is 24.3 Å². The van der Waals surface area contributed by atoms with E-state index in [-0.39, 0.29) is 10.8 Å². The van der Waals surface area contributed by atoms with Gasteiger partial charge in [-0.15, -0.1) is 0 Å². The monoisotopic (exact) mass is 313 g/mol. The summed E-state index contributed by atoms with van der Waals surface area (Å²) < 4.78 is 0. The van der Waals surface area contributed by atoms with E-state index < -0.39 is 0 Å². The smallest absolute Gasteiger partial charge is 0.258 e. The fourth-order valence-electron chi connectivity index (χ4n) is 2.13. The van der Waals surface area contributed by atoms with Crippen LogP contribution in [0.4, 0.5) is 5.82 Å². The van der Waals surface area contributed by atoms with Gasteiger partial charge in [-0.1, -0.05) is 23.9 Å². The minimum absolute atomic E-state index is 0.0986. The number of nitrogens with one attached hydrogen (secondary N) is 1. The number of nitrogen functional groups attached to an aromatic ring is 1. The van der Waals surface area contributed by atoms with E-state index in [0.717, 1.165) is 5.69 Å². The van der Waals surface area contributed by atoms with E-state index in [4.69, 9.17) is 5.73 Å². The number of hydrogen-bond acceptors (Lipinski definition) is 6. The first-order valence-electron chi connectivity index (χ1n) is 6.79. The summed E-state index contributed by atoms with van der Waals surface area (Å²) in [5, 5.41) is 1.05. The lowest BCUT2D eigenvalue weighted by molar-refractivity contribution is 0.893. The van der Waals surface area contributed by atoms with Crippen molar-refractivity contribution in [3.63, 3.8) is 0 Å². The van der Waals surface area contributed by atoms with Crippen LogP contribution in [-0.4, -0.2) is 19.9 Å². The Hall–Kier alpha value is -2.41. The number of aryl methyl sites for hydroxylation is 1. The summed E-state index contributed by atoms with van der Waals surface area (Å²) in [4.78, 5) is 28.0. The summed E-state index contributed by atoms with van der Waals surface area (Å²) >= 11 is 1.41. The van der Waals surface area contributed by atoms with Gasteiger partial charge in [0, 0.05) is 11.8 Å². The number of para-hydroxylation sites is 1. The van der Waals surface area contributed by atoms with Gasteiger partial charge in [-0.2, -0.15) is 0 Å². The summed E-state index contributed by atoms with van der Waals surface area (Å²) in [6, 6.07) is 8.98. The highest BCUT2D eigenvalue weighted by Gasteiger charge is 2.14. The Bertz CT molecular complexity index is 872. The molecule has 0 fully saturated rings. The summed E-state index contributed by atoms with van der Waals surface area (Å²) in [6.07, 6.45) is 0. The summed E-state index contributed by atoms with van der Waals surface area (Å²) in [7, 11) is 0. The van der Waals surface area contributed by atoms with Crippen LogP contribution in [0, 0.1) is 6.92 Å². The minimum atomic E-state index is -0.141. The van der Waals surface area contributed by atoms with Crippen LogP contribution in [0.5, 0.6) is 0 Å². The third kappa shape index (κ3) is 2.94. The number of fused-ring (bicyclic) bond motifs is 1. The van der Waals surface area contributed by atoms with Gasteiger partial charge >= 0.3 is 0 Å². The summed E-state index contributed by atoms with van der Waals surface area (Å²) in [5.41, 5.74) is 7.08. The molecule has 7 heteroatoms. The van der Waals surface area contributed by atoms with Gasteiger partial charge in [0.2, 0.25) is 0 Å². The second-order valence-electron chi connectivity index (χ2n) is 4.95. The lowest BCUT2D eigenvalue weighted by atomic mass is 10.2. The predicted octanol–water partition coefficient (Wildman–Crippen LogP) is 2.46. The minimum Gasteiger partial charge on any atom is -0.384 e. The van der Waals surface area contributed by atoms with Gasteiger partial charge in [0.25, 0.3) is 5.56 Å². The van der Waals surface area contributed by atoms with Crippen molar-refractivity contribution < 1.29 is 0 Å². The van der Waals surface area contributed by atoms with Gasteiger partial charge in [0.15, 0.2) is 5.16 Å². The van der Waals surface area contributed by atoms with Gasteiger partial charge in [0.05, 0.1) is 16.2 Å². The van der Waals surface area contributed by atoms with Crippen molar-refractivity contribution in [3.8, 4) is 0 Å². The van der Waals surface area contributed by atoms with Crippen LogP contribution in [-0.2, 0) is 0 Å². The maximum Gasteiger partial charge on any atom is 0.258 e. The van der Waals surface area contributed by atoms with E-state index in [1.807, 2.05) is 32.0 Å². The molecular weight excluding hydrogens is 298 g/mol. The van der Waals surface area contributed by atoms with Crippen LogP contribution in [0.1, 0.15) is 23.7 Å². The van der Waals surface area contributed by atoms with Crippen molar-refractivity contribution in [1.82, 2.24) is 19.9 Å². The third-order valence-electron chi connectivity index (χ3n) is 3.15. The molecule has 3 aromatic rings. The first-order valence-corrected chi connectivity index (χ1v) is 7.67. The van der Waals surface area contributed by atoms with E-state index in [9.17, 15) is 4.79 Å². The maximum atomic E-state index is 12.1. The third-order valence-corrected chi connectivity index (χ3v) is 4.12. The number of benzene rings is 1. The van der Waals surface area contributed by atoms with Crippen molar-refractivity contribution in [2.75, 3.05) is 5.73 Å². The number of hydrogen-bond donors (Lipinski definition) is 2. The van der Waals surface area contributed by atoms with Gasteiger partial charge in [-0.25, -0.2) is 15.0 Å². The van der Waals surface area contributed by atoms with Gasteiger partial charge in [-0.05, 0) is 26.0 Å². The Morgan fingerprint density at radius 1 is 1.23 bits per heavy atom. The molecule has 6 nitrogen and oxygen atoms in total. The normalized spacial score (nSPS) is 12.5. The Labute approximate surface area is 131 Å². The number of rotatable bonds is 3. The largest absolute Gasteiger partial charge is 0.384 e. The van der Waals surface area contributed by atoms with Gasteiger partial charge in [0.1, 0.15) is 11.6 Å². The zero-order valence-corrected chi connectivity index (χ0v) is 13.0. The predicted molar refractivity (Wildman–Crippen MR) is 87.8 cm³/mol. The van der Waals surface area contributed by atoms with Crippen LogP contribution >= 0.6 is 11.8 Å². The van der Waals surface area contributed by atoms with Crippen LogP contribution < -0.4 is 11.3 Å². The molecular formula is C15H15N5OS. The number of nitrogens with two attached hydrogens (primary N) is 1. The Morgan fingerprint density at radius 3 is 2.77 bits per heavy atom. The molecule has 0 spiro atoms. The highest BCUT2D eigenvalue weighted by atomic mass is 32.2. The number of thioether (sulfide) groups is 1. The molecule has 2 aromatic heterocycles. The molecule has 112 valence electrons. The topological polar surface area (TPSA) is 97.5 Å². The van der Waals surface area contributed by atoms with E-state index in [1.165, 1.54) is 11.8 Å². The zero-order valence-electron chi connectivity index (χ0n) is 12.2. The molecule has 1 atom stereocenters. The molecule has 1 aromatic carbocycles. The maximum absolute atomic E-state index is 12.1. The molecule has 0 saturated heterocycles. The average Bonchev–Trinajstić information content (AvgIpc) is 2.46. The molecule has 0 radical (unpaired) electrons. The molecule has 0 aliphatic rings. The number of aromatic amines is 1. The molecule has 0 aliphatic carbocycles. The van der Waals surface area contributed by atoms with Gasteiger partial charge < -0.3 is 10.7 Å². The number of anilines is 1. The molecule has 2 heterocycles. The fraction of sp³-hybridized carbons (Fsp3) is 0.200. The molecule has 0 amide bonds. The summed E-state index contributed by atoms with van der Waals surface area (Å²) in [5.74, 6) is 1.03. The molecule has 0 saturated carbocycles. The van der Waals surface area contributed by atoms with E-state index >= 15 is 0 Å². The molecule has 3 rings (SSSR count). The highest BCUT2D eigenvalue weighted by Crippen LogP contribution is 2.31. The molecule has 22 heavy (non-hydrogen) atoms. The first-order chi connectivity index (χ1) is 10.5. The van der Waals surface area contributed by atoms with E-state index in [0.29, 0.717) is 27.7 Å². The fourth-order valence-corrected chi connectivity index (χ4v) is 3.02. The first kappa shape index (κ1) is 14.5. The second kappa shape index (κ2) is 5.76. The number of H-pyrrole nitrogens is 1. The van der Waals surface area contributed by atoms with Gasteiger partial charge in [-0.3, -0.25) is 4.79 Å². The molecule has 0 aliphatic heterocycles. The Kier molecular flexibility index (Phi) is 3.81. The SMILES string of the molecule is Cc1cc(N)nc(SC(C)c2nc3ccccc3c(=O)[nH]2)n1. The van der Waals surface area contributed by atoms with E-state index in [2.05, 4.69) is 19.9 Å². The lowest BCUT2D eigenvalue weighted by Gasteiger charge is -2.10. The van der Waals surface area contributed by atoms with Crippen molar-refractivity contribution in [1.29, 1.82) is 0 Å². The van der Waals surface area contributed by atoms with Crippen LogP contribution in [0.2, 0.25) is 0 Å². The Morgan fingerprint density at radius 2 is 2.00 bits per heavy atom. The van der Waals surface area contributed by atoms with E-state index in [1.54, 1.807) is 12.1 Å². The highest BCUT2D eigenvalue weighted by molar-refractivity contribution is 7.99. The second-order valence-corrected chi connectivity index (χ2v) is 6.25. The lowest BCUT2D eigenvalue weighted by Crippen LogP contribution is -2.13. The van der Waals surface area contributed by atoms with Crippen LogP contribution in [0.15, 0.2) is 40.3 Å².